The summed E-state index contributed by atoms with van der Waals surface area (Å²) in [6.45, 7) is 3.52. The van der Waals surface area contributed by atoms with Gasteiger partial charge in [0.1, 0.15) is 0 Å². The van der Waals surface area contributed by atoms with E-state index in [-0.39, 0.29) is 0 Å². The zero-order valence-electron chi connectivity index (χ0n) is 11.4. The summed E-state index contributed by atoms with van der Waals surface area (Å²) in [5.74, 6) is 0. The molecule has 2 aromatic rings. The standard InChI is InChI=1S/C16H19N2OP/c19-20-17(13-15-7-3-1-4-8-15)11-12-18(20)14-16-9-5-2-6-10-16/h1-10,19H,11-14H2. The van der Waals surface area contributed by atoms with Crippen LogP contribution >= 0.6 is 8.45 Å². The summed E-state index contributed by atoms with van der Waals surface area (Å²) < 4.78 is 4.35. The molecule has 0 aliphatic carbocycles. The number of benzene rings is 2. The van der Waals surface area contributed by atoms with Crippen LogP contribution in [0.2, 0.25) is 0 Å². The largest absolute Gasteiger partial charge is 0.347 e. The molecule has 3 rings (SSSR count). The third-order valence-corrected chi connectivity index (χ3v) is 5.23. The van der Waals surface area contributed by atoms with Crippen molar-refractivity contribution < 1.29 is 4.89 Å². The molecule has 0 bridgehead atoms. The minimum atomic E-state index is -1.17. The smallest absolute Gasteiger partial charge is 0.185 e. The first-order valence-electron chi connectivity index (χ1n) is 6.89. The van der Waals surface area contributed by atoms with Gasteiger partial charge in [-0.2, -0.15) is 0 Å². The van der Waals surface area contributed by atoms with Crippen LogP contribution in [0.1, 0.15) is 11.1 Å². The Morgan fingerprint density at radius 1 is 0.750 bits per heavy atom. The van der Waals surface area contributed by atoms with Gasteiger partial charge in [0.15, 0.2) is 8.45 Å². The number of hydrogen-bond donors (Lipinski definition) is 1. The molecule has 2 aromatic carbocycles. The van der Waals surface area contributed by atoms with Gasteiger partial charge in [-0.05, 0) is 11.1 Å². The fourth-order valence-corrected chi connectivity index (χ4v) is 3.94. The second-order valence-electron chi connectivity index (χ2n) is 5.02. The van der Waals surface area contributed by atoms with Crippen molar-refractivity contribution >= 4 is 8.45 Å². The number of nitrogens with zero attached hydrogens (tertiary/aromatic N) is 2. The Labute approximate surface area is 121 Å². The summed E-state index contributed by atoms with van der Waals surface area (Å²) in [5.41, 5.74) is 2.52. The SMILES string of the molecule is OP1N(Cc2ccccc2)CCN1Cc1ccccc1. The summed E-state index contributed by atoms with van der Waals surface area (Å²) in [4.78, 5) is 10.5. The van der Waals surface area contributed by atoms with E-state index in [2.05, 4.69) is 33.6 Å². The molecule has 0 saturated carbocycles. The average molecular weight is 286 g/mol. The van der Waals surface area contributed by atoms with Crippen LogP contribution in [0.15, 0.2) is 60.7 Å². The van der Waals surface area contributed by atoms with E-state index in [0.717, 1.165) is 26.2 Å². The Bertz CT molecular complexity index is 485. The van der Waals surface area contributed by atoms with E-state index < -0.39 is 8.45 Å². The molecule has 1 fully saturated rings. The van der Waals surface area contributed by atoms with Gasteiger partial charge in [0, 0.05) is 26.2 Å². The van der Waals surface area contributed by atoms with Gasteiger partial charge >= 0.3 is 0 Å². The van der Waals surface area contributed by atoms with E-state index in [1.54, 1.807) is 0 Å². The summed E-state index contributed by atoms with van der Waals surface area (Å²) >= 11 is 0. The van der Waals surface area contributed by atoms with Crippen molar-refractivity contribution in [2.24, 2.45) is 0 Å². The third-order valence-electron chi connectivity index (χ3n) is 3.54. The second kappa shape index (κ2) is 6.47. The van der Waals surface area contributed by atoms with Crippen molar-refractivity contribution in [3.63, 3.8) is 0 Å². The molecular weight excluding hydrogens is 267 g/mol. The Kier molecular flexibility index (Phi) is 4.44. The van der Waals surface area contributed by atoms with Crippen LogP contribution in [0.25, 0.3) is 0 Å². The molecule has 0 atom stereocenters. The molecule has 20 heavy (non-hydrogen) atoms. The highest BCUT2D eigenvalue weighted by molar-refractivity contribution is 7.46. The molecule has 0 aromatic heterocycles. The summed E-state index contributed by atoms with van der Waals surface area (Å²) in [7, 11) is -1.17. The van der Waals surface area contributed by atoms with Crippen LogP contribution in [0.4, 0.5) is 0 Å². The Morgan fingerprint density at radius 3 is 1.55 bits per heavy atom. The molecule has 3 nitrogen and oxygen atoms in total. The molecule has 1 aliphatic rings. The zero-order chi connectivity index (χ0) is 13.8. The van der Waals surface area contributed by atoms with Crippen LogP contribution < -0.4 is 0 Å². The molecule has 0 unspecified atom stereocenters. The zero-order valence-corrected chi connectivity index (χ0v) is 12.3. The fourth-order valence-electron chi connectivity index (χ4n) is 2.46. The molecule has 1 saturated heterocycles. The van der Waals surface area contributed by atoms with E-state index in [1.807, 2.05) is 36.4 Å². The van der Waals surface area contributed by atoms with Gasteiger partial charge in [-0.25, -0.2) is 9.34 Å². The lowest BCUT2D eigenvalue weighted by Crippen LogP contribution is -2.15. The second-order valence-corrected chi connectivity index (χ2v) is 6.68. The van der Waals surface area contributed by atoms with E-state index >= 15 is 0 Å². The molecule has 0 radical (unpaired) electrons. The first-order chi connectivity index (χ1) is 9.83. The lowest BCUT2D eigenvalue weighted by Gasteiger charge is -2.24. The van der Waals surface area contributed by atoms with E-state index in [4.69, 9.17) is 0 Å². The Balaban J connectivity index is 1.61. The predicted octanol–water partition coefficient (Wildman–Crippen LogP) is 3.22. The lowest BCUT2D eigenvalue weighted by molar-refractivity contribution is 0.432. The van der Waals surface area contributed by atoms with Gasteiger partial charge in [0.25, 0.3) is 0 Å². The Hall–Kier alpha value is -1.25. The monoisotopic (exact) mass is 286 g/mol. The minimum absolute atomic E-state index is 0.828. The highest BCUT2D eigenvalue weighted by Crippen LogP contribution is 2.46. The quantitative estimate of drug-likeness (QED) is 0.874. The molecule has 4 heteroatoms. The van der Waals surface area contributed by atoms with Crippen LogP contribution in [0.5, 0.6) is 0 Å². The molecule has 1 heterocycles. The predicted molar refractivity (Wildman–Crippen MR) is 82.8 cm³/mol. The van der Waals surface area contributed by atoms with Gasteiger partial charge in [-0.15, -0.1) is 0 Å². The minimum Gasteiger partial charge on any atom is -0.347 e. The number of rotatable bonds is 4. The van der Waals surface area contributed by atoms with Gasteiger partial charge in [-0.3, -0.25) is 0 Å². The van der Waals surface area contributed by atoms with Crippen molar-refractivity contribution in [3.8, 4) is 0 Å². The summed E-state index contributed by atoms with van der Waals surface area (Å²) in [6, 6.07) is 20.7. The van der Waals surface area contributed by atoms with E-state index in [0.29, 0.717) is 0 Å². The van der Waals surface area contributed by atoms with Crippen LogP contribution in [0, 0.1) is 0 Å². The number of hydrogen-bond acceptors (Lipinski definition) is 3. The first kappa shape index (κ1) is 13.7. The Morgan fingerprint density at radius 2 is 1.15 bits per heavy atom. The molecular formula is C16H19N2OP. The molecule has 104 valence electrons. The van der Waals surface area contributed by atoms with Crippen molar-refractivity contribution in [1.29, 1.82) is 0 Å². The molecule has 1 N–H and O–H groups in total. The fraction of sp³-hybridized carbons (Fsp3) is 0.250. The maximum absolute atomic E-state index is 10.5. The van der Waals surface area contributed by atoms with E-state index in [9.17, 15) is 4.89 Å². The van der Waals surface area contributed by atoms with Gasteiger partial charge in [0.2, 0.25) is 0 Å². The van der Waals surface area contributed by atoms with Crippen LogP contribution in [-0.4, -0.2) is 27.3 Å². The van der Waals surface area contributed by atoms with Crippen LogP contribution in [-0.2, 0) is 13.1 Å². The van der Waals surface area contributed by atoms with E-state index in [1.165, 1.54) is 11.1 Å². The molecule has 1 aliphatic heterocycles. The van der Waals surface area contributed by atoms with Crippen molar-refractivity contribution in [2.75, 3.05) is 13.1 Å². The topological polar surface area (TPSA) is 26.7 Å². The summed E-state index contributed by atoms with van der Waals surface area (Å²) in [5, 5.41) is 0. The van der Waals surface area contributed by atoms with Gasteiger partial charge in [0.05, 0.1) is 0 Å². The van der Waals surface area contributed by atoms with Crippen LogP contribution in [0.3, 0.4) is 0 Å². The highest BCUT2D eigenvalue weighted by Gasteiger charge is 2.30. The third kappa shape index (κ3) is 3.25. The van der Waals surface area contributed by atoms with Gasteiger partial charge in [-0.1, -0.05) is 60.7 Å². The highest BCUT2D eigenvalue weighted by atomic mass is 31.2. The lowest BCUT2D eigenvalue weighted by atomic mass is 10.2. The van der Waals surface area contributed by atoms with Gasteiger partial charge < -0.3 is 4.89 Å². The maximum atomic E-state index is 10.5. The van der Waals surface area contributed by atoms with Crippen molar-refractivity contribution in [1.82, 2.24) is 9.34 Å². The average Bonchev–Trinajstić information content (AvgIpc) is 2.83. The normalized spacial score (nSPS) is 17.6. The maximum Gasteiger partial charge on any atom is 0.185 e. The van der Waals surface area contributed by atoms with Crippen molar-refractivity contribution in [3.05, 3.63) is 71.8 Å². The van der Waals surface area contributed by atoms with Crippen molar-refractivity contribution in [2.45, 2.75) is 13.1 Å². The first-order valence-corrected chi connectivity index (χ1v) is 8.09. The molecule has 0 spiro atoms. The molecule has 0 amide bonds. The summed E-state index contributed by atoms with van der Waals surface area (Å²) in [6.07, 6.45) is 0.